The average Bonchev–Trinajstić information content (AvgIpc) is 2.18. The van der Waals surface area contributed by atoms with E-state index in [-0.39, 0.29) is 12.0 Å². The molecular formula is C12H23NO4. The fourth-order valence-corrected chi connectivity index (χ4v) is 2.02. The number of aliphatic carboxylic acids is 1. The number of ether oxygens (including phenoxy) is 1. The smallest absolute Gasteiger partial charge is 0.320 e. The van der Waals surface area contributed by atoms with Crippen molar-refractivity contribution in [2.24, 2.45) is 5.92 Å². The summed E-state index contributed by atoms with van der Waals surface area (Å²) in [6.07, 6.45) is 1.07. The van der Waals surface area contributed by atoms with Gasteiger partial charge in [-0.3, -0.25) is 10.1 Å². The van der Waals surface area contributed by atoms with Gasteiger partial charge in [-0.25, -0.2) is 0 Å². The molecule has 0 aromatic heterocycles. The maximum Gasteiger partial charge on any atom is 0.320 e. The molecule has 1 fully saturated rings. The summed E-state index contributed by atoms with van der Waals surface area (Å²) in [5.41, 5.74) is -0.900. The summed E-state index contributed by atoms with van der Waals surface area (Å²) in [6.45, 7) is 6.56. The highest BCUT2D eigenvalue weighted by molar-refractivity contribution is 5.73. The van der Waals surface area contributed by atoms with E-state index in [2.05, 4.69) is 5.32 Å². The highest BCUT2D eigenvalue weighted by Crippen LogP contribution is 2.21. The number of nitrogens with one attached hydrogen (secondary N) is 1. The van der Waals surface area contributed by atoms with Crippen LogP contribution in [-0.4, -0.2) is 47.1 Å². The van der Waals surface area contributed by atoms with Gasteiger partial charge in [0.2, 0.25) is 0 Å². The van der Waals surface area contributed by atoms with Crippen molar-refractivity contribution in [3.8, 4) is 0 Å². The van der Waals surface area contributed by atoms with Crippen LogP contribution < -0.4 is 5.32 Å². The highest BCUT2D eigenvalue weighted by atomic mass is 16.5. The molecule has 0 saturated carbocycles. The molecule has 0 radical (unpaired) electrons. The van der Waals surface area contributed by atoms with Crippen molar-refractivity contribution >= 4 is 5.97 Å². The molecular weight excluding hydrogens is 222 g/mol. The van der Waals surface area contributed by atoms with Crippen molar-refractivity contribution in [1.29, 1.82) is 0 Å². The number of carboxylic acid groups (broad SMARTS) is 1. The van der Waals surface area contributed by atoms with Gasteiger partial charge in [0, 0.05) is 13.0 Å². The van der Waals surface area contributed by atoms with Gasteiger partial charge in [-0.05, 0) is 19.3 Å². The van der Waals surface area contributed by atoms with Gasteiger partial charge in [-0.15, -0.1) is 0 Å². The monoisotopic (exact) mass is 245 g/mol. The molecule has 1 rings (SSSR count). The van der Waals surface area contributed by atoms with Gasteiger partial charge in [0.1, 0.15) is 6.04 Å². The minimum absolute atomic E-state index is 0.290. The molecule has 1 aliphatic heterocycles. The minimum Gasteiger partial charge on any atom is -0.480 e. The minimum atomic E-state index is -0.900. The maximum atomic E-state index is 11.1. The second kappa shape index (κ2) is 5.80. The van der Waals surface area contributed by atoms with E-state index in [1.54, 1.807) is 6.92 Å². The Bertz CT molecular complexity index is 265. The van der Waals surface area contributed by atoms with Gasteiger partial charge >= 0.3 is 5.97 Å². The molecule has 3 N–H and O–H groups in total. The molecule has 3 atom stereocenters. The lowest BCUT2D eigenvalue weighted by molar-refractivity contribution is -0.142. The van der Waals surface area contributed by atoms with Crippen LogP contribution in [-0.2, 0) is 9.53 Å². The number of carboxylic acids is 1. The Morgan fingerprint density at radius 1 is 1.59 bits per heavy atom. The topological polar surface area (TPSA) is 78.8 Å². The zero-order chi connectivity index (χ0) is 13.1. The molecule has 0 aromatic carbocycles. The summed E-state index contributed by atoms with van der Waals surface area (Å²) in [5, 5.41) is 22.3. The number of hydrogen-bond acceptors (Lipinski definition) is 4. The Kier molecular flexibility index (Phi) is 4.91. The first kappa shape index (κ1) is 14.4. The molecule has 0 spiro atoms. The lowest BCUT2D eigenvalue weighted by Gasteiger charge is -2.39. The Morgan fingerprint density at radius 2 is 2.24 bits per heavy atom. The van der Waals surface area contributed by atoms with Crippen LogP contribution in [0.2, 0.25) is 0 Å². The van der Waals surface area contributed by atoms with E-state index in [0.717, 1.165) is 0 Å². The molecule has 1 aliphatic rings. The second-order valence-corrected chi connectivity index (χ2v) is 5.42. The van der Waals surface area contributed by atoms with E-state index in [1.807, 2.05) is 13.8 Å². The number of aliphatic hydroxyl groups is 1. The van der Waals surface area contributed by atoms with E-state index in [1.165, 1.54) is 0 Å². The Hall–Kier alpha value is -0.650. The molecule has 1 heterocycles. The highest BCUT2D eigenvalue weighted by Gasteiger charge is 2.37. The number of rotatable bonds is 5. The molecule has 17 heavy (non-hydrogen) atoms. The van der Waals surface area contributed by atoms with E-state index in [9.17, 15) is 9.90 Å². The first-order chi connectivity index (χ1) is 7.83. The predicted octanol–water partition coefficient (Wildman–Crippen LogP) is 0.615. The molecule has 0 aliphatic carbocycles. The van der Waals surface area contributed by atoms with Gasteiger partial charge in [-0.2, -0.15) is 0 Å². The molecule has 0 aromatic rings. The Morgan fingerprint density at radius 3 is 2.71 bits per heavy atom. The molecule has 5 heteroatoms. The molecule has 0 amide bonds. The third-order valence-corrected chi connectivity index (χ3v) is 3.20. The normalized spacial score (nSPS) is 31.5. The summed E-state index contributed by atoms with van der Waals surface area (Å²) in [7, 11) is 0. The van der Waals surface area contributed by atoms with Crippen LogP contribution in [0.5, 0.6) is 0 Å². The largest absolute Gasteiger partial charge is 0.480 e. The number of carbonyl (C=O) groups is 1. The van der Waals surface area contributed by atoms with Gasteiger partial charge in [0.25, 0.3) is 0 Å². The van der Waals surface area contributed by atoms with Crippen LogP contribution in [0.3, 0.4) is 0 Å². The Balaban J connectivity index is 2.62. The summed E-state index contributed by atoms with van der Waals surface area (Å²) in [5.74, 6) is -0.585. The second-order valence-electron chi connectivity index (χ2n) is 5.42. The summed E-state index contributed by atoms with van der Waals surface area (Å²) < 4.78 is 5.29. The quantitative estimate of drug-likeness (QED) is 0.661. The third kappa shape index (κ3) is 4.26. The fraction of sp³-hybridized carbons (Fsp3) is 0.917. The van der Waals surface area contributed by atoms with Crippen LogP contribution in [0, 0.1) is 5.92 Å². The summed E-state index contributed by atoms with van der Waals surface area (Å²) in [4.78, 5) is 11.1. The van der Waals surface area contributed by atoms with Crippen molar-refractivity contribution < 1.29 is 19.7 Å². The van der Waals surface area contributed by atoms with Crippen LogP contribution in [0.25, 0.3) is 0 Å². The van der Waals surface area contributed by atoms with Crippen LogP contribution in [0.4, 0.5) is 0 Å². The maximum absolute atomic E-state index is 11.1. The standard InChI is InChI=1S/C12H23NO4/c1-8(2)6-9(11(14)15)13-10-7-17-5-4-12(10,3)16/h8-10,13,16H,4-7H2,1-3H3,(H,14,15). The average molecular weight is 245 g/mol. The molecule has 0 bridgehead atoms. The van der Waals surface area contributed by atoms with E-state index in [4.69, 9.17) is 9.84 Å². The first-order valence-corrected chi connectivity index (χ1v) is 6.12. The molecule has 5 nitrogen and oxygen atoms in total. The van der Waals surface area contributed by atoms with Crippen LogP contribution in [0.1, 0.15) is 33.6 Å². The zero-order valence-electron chi connectivity index (χ0n) is 10.8. The first-order valence-electron chi connectivity index (χ1n) is 6.12. The summed E-state index contributed by atoms with van der Waals surface area (Å²) in [6, 6.07) is -0.954. The van der Waals surface area contributed by atoms with Crippen molar-refractivity contribution in [3.05, 3.63) is 0 Å². The van der Waals surface area contributed by atoms with Gasteiger partial charge in [0.15, 0.2) is 0 Å². The lowest BCUT2D eigenvalue weighted by Crippen LogP contribution is -2.59. The van der Waals surface area contributed by atoms with Crippen molar-refractivity contribution in [2.45, 2.75) is 51.3 Å². The van der Waals surface area contributed by atoms with E-state index >= 15 is 0 Å². The SMILES string of the molecule is CC(C)CC(NC1COCCC1(C)O)C(=O)O. The van der Waals surface area contributed by atoms with Crippen molar-refractivity contribution in [3.63, 3.8) is 0 Å². The van der Waals surface area contributed by atoms with E-state index < -0.39 is 17.6 Å². The lowest BCUT2D eigenvalue weighted by atomic mass is 9.90. The van der Waals surface area contributed by atoms with Crippen molar-refractivity contribution in [2.75, 3.05) is 13.2 Å². The molecule has 100 valence electrons. The van der Waals surface area contributed by atoms with E-state index in [0.29, 0.717) is 26.1 Å². The van der Waals surface area contributed by atoms with Crippen molar-refractivity contribution in [1.82, 2.24) is 5.32 Å². The van der Waals surface area contributed by atoms with Gasteiger partial charge in [-0.1, -0.05) is 13.8 Å². The van der Waals surface area contributed by atoms with Crippen LogP contribution >= 0.6 is 0 Å². The van der Waals surface area contributed by atoms with Gasteiger partial charge < -0.3 is 14.9 Å². The fourth-order valence-electron chi connectivity index (χ4n) is 2.02. The predicted molar refractivity (Wildman–Crippen MR) is 63.9 cm³/mol. The molecule has 1 saturated heterocycles. The molecule has 3 unspecified atom stereocenters. The van der Waals surface area contributed by atoms with Gasteiger partial charge in [0.05, 0.1) is 18.2 Å². The Labute approximate surface area is 102 Å². The van der Waals surface area contributed by atoms with Crippen LogP contribution in [0.15, 0.2) is 0 Å². The number of hydrogen-bond donors (Lipinski definition) is 3. The third-order valence-electron chi connectivity index (χ3n) is 3.20. The zero-order valence-corrected chi connectivity index (χ0v) is 10.8. The summed E-state index contributed by atoms with van der Waals surface area (Å²) >= 11 is 0.